The molecule has 1 rings (SSSR count). The number of pyridine rings is 1. The van der Waals surface area contributed by atoms with Gasteiger partial charge in [-0.2, -0.15) is 0 Å². The van der Waals surface area contributed by atoms with Crippen molar-refractivity contribution in [3.63, 3.8) is 0 Å². The number of nitrogens with zero attached hydrogens (tertiary/aromatic N) is 1. The van der Waals surface area contributed by atoms with Crippen LogP contribution in [0.15, 0.2) is 23.1 Å². The molecule has 2 N–H and O–H groups in total. The highest BCUT2D eigenvalue weighted by Crippen LogP contribution is 2.08. The molecule has 1 heterocycles. The van der Waals surface area contributed by atoms with Crippen molar-refractivity contribution in [1.29, 1.82) is 0 Å². The van der Waals surface area contributed by atoms with Crippen molar-refractivity contribution >= 4 is 17.2 Å². The smallest absolute Gasteiger partial charge is 0.292 e. The summed E-state index contributed by atoms with van der Waals surface area (Å²) in [6, 6.07) is 3.54. The van der Waals surface area contributed by atoms with Crippen LogP contribution in [0.1, 0.15) is 58.3 Å². The number of aromatic nitrogens is 1. The maximum Gasteiger partial charge on any atom is 0.292 e. The van der Waals surface area contributed by atoms with E-state index in [2.05, 4.69) is 6.92 Å². The monoisotopic (exact) mass is 324 g/mol. The molecule has 0 aliphatic rings. The third kappa shape index (κ3) is 7.59. The quantitative estimate of drug-likeness (QED) is 0.471. The molecule has 0 radical (unpaired) electrons. The molecule has 0 saturated carbocycles. The lowest BCUT2D eigenvalue weighted by atomic mass is 10.1. The highest BCUT2D eigenvalue weighted by molar-refractivity contribution is 7.80. The van der Waals surface area contributed by atoms with E-state index in [-0.39, 0.29) is 5.56 Å². The number of unbranched alkanes of at least 4 members (excludes halogenated alkanes) is 6. The maximum absolute atomic E-state index is 12.2. The van der Waals surface area contributed by atoms with E-state index in [0.29, 0.717) is 30.3 Å². The second kappa shape index (κ2) is 11.2. The number of rotatable bonds is 12. The molecule has 0 spiro atoms. The zero-order chi connectivity index (χ0) is 16.2. The second-order valence-corrected chi connectivity index (χ2v) is 6.08. The SMILES string of the molecule is CCCCCCCCCOc1cccn(CCC(N)=S)c1=O. The van der Waals surface area contributed by atoms with E-state index in [4.69, 9.17) is 22.7 Å². The van der Waals surface area contributed by atoms with Crippen molar-refractivity contribution < 1.29 is 4.74 Å². The Morgan fingerprint density at radius 2 is 1.91 bits per heavy atom. The normalized spacial score (nSPS) is 10.6. The standard InChI is InChI=1S/C17H28N2O2S/c1-2-3-4-5-6-7-8-14-21-15-10-9-12-19(17(15)20)13-11-16(18)22/h9-10,12H,2-8,11,13-14H2,1H3,(H2,18,22). The summed E-state index contributed by atoms with van der Waals surface area (Å²) in [5.74, 6) is 0.413. The molecule has 0 amide bonds. The zero-order valence-corrected chi connectivity index (χ0v) is 14.4. The molecule has 0 unspecified atom stereocenters. The minimum atomic E-state index is -0.110. The van der Waals surface area contributed by atoms with Crippen LogP contribution in [-0.2, 0) is 6.54 Å². The van der Waals surface area contributed by atoms with Crippen LogP contribution >= 0.6 is 12.2 Å². The lowest BCUT2D eigenvalue weighted by Gasteiger charge is -2.09. The number of hydrogen-bond acceptors (Lipinski definition) is 3. The Bertz CT molecular complexity index is 500. The number of nitrogens with two attached hydrogens (primary N) is 1. The molecule has 0 bridgehead atoms. The molecule has 22 heavy (non-hydrogen) atoms. The van der Waals surface area contributed by atoms with Gasteiger partial charge in [0, 0.05) is 19.2 Å². The van der Waals surface area contributed by atoms with Crippen LogP contribution in [-0.4, -0.2) is 16.2 Å². The fraction of sp³-hybridized carbons (Fsp3) is 0.647. The van der Waals surface area contributed by atoms with Crippen molar-refractivity contribution in [2.24, 2.45) is 5.73 Å². The Balaban J connectivity index is 2.29. The Kier molecular flexibility index (Phi) is 9.55. The average Bonchev–Trinajstić information content (AvgIpc) is 2.50. The average molecular weight is 324 g/mol. The van der Waals surface area contributed by atoms with Crippen LogP contribution in [0.25, 0.3) is 0 Å². The van der Waals surface area contributed by atoms with Gasteiger partial charge in [-0.1, -0.05) is 57.7 Å². The number of aryl methyl sites for hydroxylation is 1. The molecule has 0 aliphatic carbocycles. The van der Waals surface area contributed by atoms with Gasteiger partial charge in [0.1, 0.15) is 0 Å². The summed E-state index contributed by atoms with van der Waals surface area (Å²) in [5, 5.41) is 0. The van der Waals surface area contributed by atoms with E-state index < -0.39 is 0 Å². The number of thiocarbonyl (C=S) groups is 1. The van der Waals surface area contributed by atoms with Gasteiger partial charge in [-0.15, -0.1) is 0 Å². The molecule has 0 saturated heterocycles. The Labute approximate surface area is 138 Å². The minimum absolute atomic E-state index is 0.110. The van der Waals surface area contributed by atoms with Crippen molar-refractivity contribution in [1.82, 2.24) is 4.57 Å². The molecule has 5 heteroatoms. The molecule has 0 aliphatic heterocycles. The van der Waals surface area contributed by atoms with Crippen LogP contribution in [0.2, 0.25) is 0 Å². The predicted molar refractivity (Wildman–Crippen MR) is 95.6 cm³/mol. The van der Waals surface area contributed by atoms with Gasteiger partial charge in [0.25, 0.3) is 5.56 Å². The van der Waals surface area contributed by atoms with Crippen LogP contribution in [0.3, 0.4) is 0 Å². The number of ether oxygens (including phenoxy) is 1. The topological polar surface area (TPSA) is 57.2 Å². The summed E-state index contributed by atoms with van der Waals surface area (Å²) in [6.07, 6.45) is 10.9. The van der Waals surface area contributed by atoms with E-state index in [0.717, 1.165) is 12.8 Å². The maximum atomic E-state index is 12.2. The molecule has 124 valence electrons. The first-order valence-corrected chi connectivity index (χ1v) is 8.66. The van der Waals surface area contributed by atoms with Gasteiger partial charge in [-0.25, -0.2) is 0 Å². The summed E-state index contributed by atoms with van der Waals surface area (Å²) in [4.78, 5) is 12.6. The van der Waals surface area contributed by atoms with Crippen LogP contribution < -0.4 is 16.0 Å². The predicted octanol–water partition coefficient (Wildman–Crippen LogP) is 3.65. The van der Waals surface area contributed by atoms with Crippen molar-refractivity contribution in [3.8, 4) is 5.75 Å². The zero-order valence-electron chi connectivity index (χ0n) is 13.6. The van der Waals surface area contributed by atoms with Crippen molar-refractivity contribution in [2.45, 2.75) is 64.8 Å². The molecule has 0 fully saturated rings. The van der Waals surface area contributed by atoms with Crippen LogP contribution in [0, 0.1) is 0 Å². The Morgan fingerprint density at radius 3 is 2.59 bits per heavy atom. The van der Waals surface area contributed by atoms with Gasteiger partial charge in [0.2, 0.25) is 0 Å². The molecule has 4 nitrogen and oxygen atoms in total. The van der Waals surface area contributed by atoms with Gasteiger partial charge < -0.3 is 15.0 Å². The van der Waals surface area contributed by atoms with E-state index in [1.807, 2.05) is 6.07 Å². The Morgan fingerprint density at radius 1 is 1.23 bits per heavy atom. The van der Waals surface area contributed by atoms with Crippen LogP contribution in [0.4, 0.5) is 0 Å². The van der Waals surface area contributed by atoms with Gasteiger partial charge in [0.15, 0.2) is 5.75 Å². The summed E-state index contributed by atoms with van der Waals surface area (Å²) in [7, 11) is 0. The van der Waals surface area contributed by atoms with Crippen molar-refractivity contribution in [2.75, 3.05) is 6.61 Å². The number of hydrogen-bond donors (Lipinski definition) is 1. The molecule has 0 aromatic carbocycles. The fourth-order valence-electron chi connectivity index (χ4n) is 2.27. The lowest BCUT2D eigenvalue weighted by molar-refractivity contribution is 0.298. The summed E-state index contributed by atoms with van der Waals surface area (Å²) in [5.41, 5.74) is 5.36. The summed E-state index contributed by atoms with van der Waals surface area (Å²) in [6.45, 7) is 3.33. The first-order valence-electron chi connectivity index (χ1n) is 8.25. The first kappa shape index (κ1) is 18.7. The fourth-order valence-corrected chi connectivity index (χ4v) is 2.36. The molecule has 0 atom stereocenters. The third-order valence-electron chi connectivity index (χ3n) is 3.59. The highest BCUT2D eigenvalue weighted by atomic mass is 32.1. The third-order valence-corrected chi connectivity index (χ3v) is 3.79. The van der Waals surface area contributed by atoms with Crippen molar-refractivity contribution in [3.05, 3.63) is 28.7 Å². The van der Waals surface area contributed by atoms with E-state index in [1.165, 1.54) is 32.1 Å². The van der Waals surface area contributed by atoms with Gasteiger partial charge in [-0.05, 0) is 18.6 Å². The molecule has 1 aromatic rings. The van der Waals surface area contributed by atoms with E-state index in [1.54, 1.807) is 16.8 Å². The second-order valence-electron chi connectivity index (χ2n) is 5.56. The summed E-state index contributed by atoms with van der Waals surface area (Å²) < 4.78 is 7.21. The summed E-state index contributed by atoms with van der Waals surface area (Å²) >= 11 is 4.84. The molecule has 1 aromatic heterocycles. The van der Waals surface area contributed by atoms with Gasteiger partial charge >= 0.3 is 0 Å². The van der Waals surface area contributed by atoms with Gasteiger partial charge in [-0.3, -0.25) is 4.79 Å². The highest BCUT2D eigenvalue weighted by Gasteiger charge is 2.04. The Hall–Kier alpha value is -1.36. The van der Waals surface area contributed by atoms with E-state index in [9.17, 15) is 4.79 Å². The molecular weight excluding hydrogens is 296 g/mol. The van der Waals surface area contributed by atoms with Crippen LogP contribution in [0.5, 0.6) is 5.75 Å². The first-order chi connectivity index (χ1) is 10.6. The lowest BCUT2D eigenvalue weighted by Crippen LogP contribution is -2.23. The largest absolute Gasteiger partial charge is 0.488 e. The molecular formula is C17H28N2O2S. The van der Waals surface area contributed by atoms with E-state index >= 15 is 0 Å². The minimum Gasteiger partial charge on any atom is -0.488 e. The van der Waals surface area contributed by atoms with Gasteiger partial charge in [0.05, 0.1) is 11.6 Å².